The molecule has 0 radical (unpaired) electrons. The Labute approximate surface area is 228 Å². The fraction of sp³-hybridized carbons (Fsp3) is 0.250. The first-order valence-electron chi connectivity index (χ1n) is 12.1. The number of carbonyl (C=O) groups is 1. The van der Waals surface area contributed by atoms with Crippen LogP contribution in [0.5, 0.6) is 17.2 Å². The van der Waals surface area contributed by atoms with E-state index in [0.29, 0.717) is 44.7 Å². The van der Waals surface area contributed by atoms with Crippen LogP contribution in [0, 0.1) is 6.92 Å². The minimum absolute atomic E-state index is 0.0917. The number of ether oxygens (including phenoxy) is 3. The molecule has 0 aliphatic carbocycles. The minimum atomic E-state index is -0.504. The number of carbonyl (C=O) groups excluding carboxylic acids is 1. The van der Waals surface area contributed by atoms with Crippen LogP contribution in [0.15, 0.2) is 64.5 Å². The first-order chi connectivity index (χ1) is 18.4. The van der Waals surface area contributed by atoms with Gasteiger partial charge in [0, 0.05) is 16.8 Å². The average molecular weight is 552 g/mol. The van der Waals surface area contributed by atoms with Crippen LogP contribution in [0.25, 0.3) is 10.9 Å². The third kappa shape index (κ3) is 5.30. The fourth-order valence-corrected chi connectivity index (χ4v) is 5.27. The van der Waals surface area contributed by atoms with Crippen molar-refractivity contribution in [1.82, 2.24) is 9.55 Å². The zero-order valence-electron chi connectivity index (χ0n) is 21.1. The molecule has 8 nitrogen and oxygen atoms in total. The van der Waals surface area contributed by atoms with Crippen molar-refractivity contribution in [3.05, 3.63) is 81.1 Å². The maximum atomic E-state index is 13.8. The van der Waals surface area contributed by atoms with Crippen LogP contribution < -0.4 is 25.1 Å². The van der Waals surface area contributed by atoms with Gasteiger partial charge in [0.2, 0.25) is 12.7 Å². The van der Waals surface area contributed by atoms with Crippen LogP contribution in [0.1, 0.15) is 24.5 Å². The van der Waals surface area contributed by atoms with Gasteiger partial charge in [-0.15, -0.1) is 0 Å². The Morgan fingerprint density at radius 2 is 1.89 bits per heavy atom. The SMILES string of the molecule is CC[C@H](Sc1nc2cc3c(cc2c(=O)n1Cc1ccc(OC)cc1)OCO3)C(=O)Nc1ccc(C)c(Cl)c1. The maximum absolute atomic E-state index is 13.8. The summed E-state index contributed by atoms with van der Waals surface area (Å²) in [4.78, 5) is 31.8. The summed E-state index contributed by atoms with van der Waals surface area (Å²) in [6.07, 6.45) is 0.522. The molecule has 0 spiro atoms. The van der Waals surface area contributed by atoms with E-state index >= 15 is 0 Å². The molecule has 1 aromatic heterocycles. The molecular formula is C28H26ClN3O5S. The lowest BCUT2D eigenvalue weighted by atomic mass is 10.2. The molecule has 5 rings (SSSR count). The number of hydrogen-bond acceptors (Lipinski definition) is 7. The molecule has 1 N–H and O–H groups in total. The van der Waals surface area contributed by atoms with Gasteiger partial charge in [0.25, 0.3) is 5.56 Å². The number of amides is 1. The summed E-state index contributed by atoms with van der Waals surface area (Å²) in [7, 11) is 1.60. The summed E-state index contributed by atoms with van der Waals surface area (Å²) in [6.45, 7) is 4.19. The van der Waals surface area contributed by atoms with E-state index in [9.17, 15) is 9.59 Å². The summed E-state index contributed by atoms with van der Waals surface area (Å²) in [5, 5.41) is 3.86. The summed E-state index contributed by atoms with van der Waals surface area (Å²) >= 11 is 7.49. The number of aromatic nitrogens is 2. The monoisotopic (exact) mass is 551 g/mol. The van der Waals surface area contributed by atoms with E-state index < -0.39 is 5.25 Å². The van der Waals surface area contributed by atoms with Crippen molar-refractivity contribution in [2.75, 3.05) is 19.2 Å². The molecule has 3 aromatic carbocycles. The molecule has 1 aliphatic heterocycles. The van der Waals surface area contributed by atoms with Crippen molar-refractivity contribution in [3.8, 4) is 17.2 Å². The standard InChI is InChI=1S/C28H26ClN3O5S/c1-4-25(26(33)30-18-8-5-16(2)21(29)11-18)38-28-31-22-13-24-23(36-15-37-24)12-20(22)27(34)32(28)14-17-6-9-19(35-3)10-7-17/h5-13,25H,4,14-15H2,1-3H3,(H,30,33)/t25-/m0/s1. The van der Waals surface area contributed by atoms with Gasteiger partial charge in [-0.25, -0.2) is 4.98 Å². The Morgan fingerprint density at radius 3 is 2.58 bits per heavy atom. The number of hydrogen-bond donors (Lipinski definition) is 1. The van der Waals surface area contributed by atoms with Crippen LogP contribution in [-0.4, -0.2) is 34.6 Å². The molecule has 1 atom stereocenters. The van der Waals surface area contributed by atoms with E-state index in [1.807, 2.05) is 50.2 Å². The average Bonchev–Trinajstić information content (AvgIpc) is 3.38. The number of aryl methyl sites for hydroxylation is 1. The van der Waals surface area contributed by atoms with Gasteiger partial charge in [-0.1, -0.05) is 48.5 Å². The second-order valence-electron chi connectivity index (χ2n) is 8.82. The van der Waals surface area contributed by atoms with Crippen molar-refractivity contribution in [3.63, 3.8) is 0 Å². The van der Waals surface area contributed by atoms with Crippen molar-refractivity contribution < 1.29 is 19.0 Å². The molecule has 0 fully saturated rings. The van der Waals surface area contributed by atoms with Gasteiger partial charge in [-0.3, -0.25) is 14.2 Å². The molecule has 196 valence electrons. The van der Waals surface area contributed by atoms with Crippen molar-refractivity contribution in [1.29, 1.82) is 0 Å². The van der Waals surface area contributed by atoms with Gasteiger partial charge in [-0.2, -0.15) is 0 Å². The van der Waals surface area contributed by atoms with Gasteiger partial charge in [0.1, 0.15) is 5.75 Å². The molecule has 4 aromatic rings. The highest BCUT2D eigenvalue weighted by molar-refractivity contribution is 8.00. The van der Waals surface area contributed by atoms with Crippen molar-refractivity contribution in [2.24, 2.45) is 0 Å². The summed E-state index contributed by atoms with van der Waals surface area (Å²) < 4.78 is 17.8. The summed E-state index contributed by atoms with van der Waals surface area (Å²) in [5.41, 5.74) is 2.68. The molecule has 2 heterocycles. The van der Waals surface area contributed by atoms with E-state index in [-0.39, 0.29) is 24.8 Å². The van der Waals surface area contributed by atoms with Gasteiger partial charge in [0.15, 0.2) is 16.7 Å². The number of methoxy groups -OCH3 is 1. The normalized spacial score (nSPS) is 12.9. The summed E-state index contributed by atoms with van der Waals surface area (Å²) in [5.74, 6) is 1.57. The van der Waals surface area contributed by atoms with Crippen LogP contribution in [-0.2, 0) is 11.3 Å². The van der Waals surface area contributed by atoms with Gasteiger partial charge < -0.3 is 19.5 Å². The Balaban J connectivity index is 1.52. The van der Waals surface area contributed by atoms with Crippen molar-refractivity contribution in [2.45, 2.75) is 37.2 Å². The number of nitrogens with one attached hydrogen (secondary N) is 1. The Kier molecular flexibility index (Phi) is 7.49. The third-order valence-corrected chi connectivity index (χ3v) is 8.03. The number of halogens is 1. The number of thioether (sulfide) groups is 1. The van der Waals surface area contributed by atoms with Gasteiger partial charge >= 0.3 is 0 Å². The Bertz CT molecular complexity index is 1570. The number of nitrogens with zero attached hydrogens (tertiary/aromatic N) is 2. The summed E-state index contributed by atoms with van der Waals surface area (Å²) in [6, 6.07) is 16.2. The first kappa shape index (κ1) is 25.9. The van der Waals surface area contributed by atoms with E-state index in [4.69, 9.17) is 30.8 Å². The molecule has 0 saturated carbocycles. The highest BCUT2D eigenvalue weighted by atomic mass is 35.5. The predicted molar refractivity (Wildman–Crippen MR) is 149 cm³/mol. The third-order valence-electron chi connectivity index (χ3n) is 6.26. The highest BCUT2D eigenvalue weighted by Crippen LogP contribution is 2.36. The number of anilines is 1. The lowest BCUT2D eigenvalue weighted by Crippen LogP contribution is -2.28. The largest absolute Gasteiger partial charge is 0.497 e. The number of rotatable bonds is 8. The lowest BCUT2D eigenvalue weighted by molar-refractivity contribution is -0.115. The molecule has 0 bridgehead atoms. The topological polar surface area (TPSA) is 91.7 Å². The quantitative estimate of drug-likeness (QED) is 0.223. The number of benzene rings is 3. The molecule has 0 unspecified atom stereocenters. The van der Waals surface area contributed by atoms with Gasteiger partial charge in [-0.05, 0) is 54.8 Å². The first-order valence-corrected chi connectivity index (χ1v) is 13.3. The van der Waals surface area contributed by atoms with E-state index in [1.54, 1.807) is 29.9 Å². The predicted octanol–water partition coefficient (Wildman–Crippen LogP) is 5.65. The Morgan fingerprint density at radius 1 is 1.16 bits per heavy atom. The maximum Gasteiger partial charge on any atom is 0.262 e. The van der Waals surface area contributed by atoms with E-state index in [0.717, 1.165) is 16.9 Å². The fourth-order valence-electron chi connectivity index (χ4n) is 4.08. The molecule has 1 aliphatic rings. The Hall–Kier alpha value is -3.69. The van der Waals surface area contributed by atoms with Crippen molar-refractivity contribution >= 4 is 45.9 Å². The zero-order chi connectivity index (χ0) is 26.8. The van der Waals surface area contributed by atoms with E-state index in [2.05, 4.69) is 5.32 Å². The number of fused-ring (bicyclic) bond motifs is 2. The zero-order valence-corrected chi connectivity index (χ0v) is 22.7. The van der Waals surface area contributed by atoms with Gasteiger partial charge in [0.05, 0.1) is 29.8 Å². The van der Waals surface area contributed by atoms with Crippen LogP contribution >= 0.6 is 23.4 Å². The molecule has 1 amide bonds. The van der Waals surface area contributed by atoms with Crippen LogP contribution in [0.2, 0.25) is 5.02 Å². The lowest BCUT2D eigenvalue weighted by Gasteiger charge is -2.18. The molecule has 0 saturated heterocycles. The second kappa shape index (κ2) is 11.0. The smallest absolute Gasteiger partial charge is 0.262 e. The molecule has 10 heteroatoms. The van der Waals surface area contributed by atoms with E-state index in [1.165, 1.54) is 11.8 Å². The molecule has 38 heavy (non-hydrogen) atoms. The highest BCUT2D eigenvalue weighted by Gasteiger charge is 2.24. The van der Waals surface area contributed by atoms with Crippen LogP contribution in [0.3, 0.4) is 0 Å². The second-order valence-corrected chi connectivity index (χ2v) is 10.4. The molecular weight excluding hydrogens is 526 g/mol. The minimum Gasteiger partial charge on any atom is -0.497 e. The van der Waals surface area contributed by atoms with Crippen LogP contribution in [0.4, 0.5) is 5.69 Å².